The van der Waals surface area contributed by atoms with Gasteiger partial charge in [0.25, 0.3) is 0 Å². The van der Waals surface area contributed by atoms with Crippen LogP contribution in [-0.2, 0) is 31.8 Å². The molecule has 2 saturated carbocycles. The molecule has 4 aromatic heterocycles. The molecule has 4 aromatic rings. The lowest BCUT2D eigenvalue weighted by atomic mass is 9.82. The number of halogens is 2. The summed E-state index contributed by atoms with van der Waals surface area (Å²) in [6.45, 7) is 8.15. The van der Waals surface area contributed by atoms with E-state index in [2.05, 4.69) is 54.7 Å². The normalized spacial score (nSPS) is 26.0. The Hall–Kier alpha value is -4.48. The molecule has 14 nitrogen and oxygen atoms in total. The molecule has 0 radical (unpaired) electrons. The van der Waals surface area contributed by atoms with Crippen molar-refractivity contribution in [2.24, 2.45) is 22.7 Å². The molecule has 2 aliphatic carbocycles. The Morgan fingerprint density at radius 3 is 1.38 bits per heavy atom. The molecule has 6 aliphatic rings. The third kappa shape index (κ3) is 14.1. The fourth-order valence-corrected chi connectivity index (χ4v) is 12.6. The Balaban J connectivity index is 0.000000182. The number of pyridine rings is 4. The second kappa shape index (κ2) is 26.0. The van der Waals surface area contributed by atoms with Crippen LogP contribution in [0.1, 0.15) is 101 Å². The molecule has 0 bridgehead atoms. The first kappa shape index (κ1) is 54.3. The fraction of sp³-hybridized carbons (Fsp3) is 0.621. The van der Waals surface area contributed by atoms with Crippen molar-refractivity contribution in [3.8, 4) is 34.7 Å². The molecule has 0 amide bonds. The van der Waals surface area contributed by atoms with Gasteiger partial charge in [0, 0.05) is 127 Å². The Morgan fingerprint density at radius 2 is 1.01 bits per heavy atom. The summed E-state index contributed by atoms with van der Waals surface area (Å²) in [6.07, 6.45) is 21.6. The number of nitriles is 2. The number of nitrogens with one attached hydrogen (secondary N) is 2. The summed E-state index contributed by atoms with van der Waals surface area (Å²) in [5.41, 5.74) is 4.81. The van der Waals surface area contributed by atoms with Gasteiger partial charge in [-0.25, -0.2) is 9.97 Å². The summed E-state index contributed by atoms with van der Waals surface area (Å²) < 4.78 is 22.0. The van der Waals surface area contributed by atoms with Crippen molar-refractivity contribution in [1.82, 2.24) is 29.7 Å². The van der Waals surface area contributed by atoms with E-state index < -0.39 is 10.8 Å². The first-order valence-electron chi connectivity index (χ1n) is 27.4. The predicted molar refractivity (Wildman–Crippen MR) is 291 cm³/mol. The van der Waals surface area contributed by atoms with E-state index in [9.17, 15) is 10.5 Å². The van der Waals surface area contributed by atoms with Crippen LogP contribution in [0.15, 0.2) is 60.9 Å². The minimum Gasteiger partial charge on any atom is -0.381 e. The summed E-state index contributed by atoms with van der Waals surface area (Å²) >= 11 is 13.2. The van der Waals surface area contributed by atoms with E-state index in [0.29, 0.717) is 85.7 Å². The van der Waals surface area contributed by atoms with Gasteiger partial charge in [0.15, 0.2) is 0 Å². The molecule has 0 unspecified atom stereocenters. The second-order valence-electron chi connectivity index (χ2n) is 21.9. The highest BCUT2D eigenvalue weighted by molar-refractivity contribution is 6.33. The van der Waals surface area contributed by atoms with Crippen LogP contribution in [0.3, 0.4) is 0 Å². The van der Waals surface area contributed by atoms with E-state index in [1.807, 2.05) is 50.6 Å². The number of likely N-dealkylation sites (tertiary alicyclic amines) is 2. The zero-order valence-electron chi connectivity index (χ0n) is 43.6. The van der Waals surface area contributed by atoms with Crippen LogP contribution in [0.25, 0.3) is 22.5 Å². The van der Waals surface area contributed by atoms with Crippen LogP contribution in [-0.4, -0.2) is 134 Å². The lowest BCUT2D eigenvalue weighted by molar-refractivity contribution is 0.0454. The molecule has 4 aliphatic heterocycles. The zero-order valence-corrected chi connectivity index (χ0v) is 45.1. The van der Waals surface area contributed by atoms with Gasteiger partial charge in [-0.2, -0.15) is 10.5 Å². The smallest absolute Gasteiger partial charge is 0.126 e. The third-order valence-electron chi connectivity index (χ3n) is 17.1. The second-order valence-corrected chi connectivity index (χ2v) is 22.7. The Morgan fingerprint density at radius 1 is 0.608 bits per heavy atom. The minimum atomic E-state index is -0.406. The molecular formula is C58H76Cl2N10O4. The lowest BCUT2D eigenvalue weighted by Crippen LogP contribution is -2.37. The molecule has 4 saturated heterocycles. The first-order chi connectivity index (χ1) is 36.1. The predicted octanol–water partition coefficient (Wildman–Crippen LogP) is 10.7. The maximum absolute atomic E-state index is 9.75. The van der Waals surface area contributed by atoms with Gasteiger partial charge in [-0.3, -0.25) is 19.8 Å². The molecular weight excluding hydrogens is 972 g/mol. The van der Waals surface area contributed by atoms with E-state index >= 15 is 0 Å². The van der Waals surface area contributed by atoms with Gasteiger partial charge in [0.2, 0.25) is 0 Å². The molecule has 16 heteroatoms. The number of nitrogens with zero attached hydrogens (tertiary/aromatic N) is 8. The highest BCUT2D eigenvalue weighted by atomic mass is 35.5. The van der Waals surface area contributed by atoms with Gasteiger partial charge >= 0.3 is 0 Å². The summed E-state index contributed by atoms with van der Waals surface area (Å²) in [5, 5.41) is 27.5. The number of ether oxygens (including phenoxy) is 4. The highest BCUT2D eigenvalue weighted by Gasteiger charge is 2.36. The first-order valence-corrected chi connectivity index (χ1v) is 28.1. The zero-order chi connectivity index (χ0) is 51.3. The average Bonchev–Trinajstić information content (AvgIpc) is 4.16. The fourth-order valence-electron chi connectivity index (χ4n) is 12.2. The standard InChI is InChI=1S/2C29H38ClN5O2/c2*1-36-24-9-12-35(18-24)23-7-5-21(6-8-23)15-22-16-25(26(30)17-32-22)27-3-2-4-28(34-27)33-20-29(19-31)10-13-37-14-11-29/h2*2-4,16-17,21,23-24H,5-15,18,20H2,1H3,(H,33,34)/t2*21?,23?,24-/m00/s1. The van der Waals surface area contributed by atoms with Gasteiger partial charge in [-0.1, -0.05) is 35.3 Å². The van der Waals surface area contributed by atoms with Gasteiger partial charge in [-0.05, 0) is 151 Å². The number of anilines is 2. The molecule has 10 rings (SSSR count). The molecule has 0 spiro atoms. The Bertz CT molecular complexity index is 2360. The maximum Gasteiger partial charge on any atom is 0.126 e. The van der Waals surface area contributed by atoms with Crippen LogP contribution < -0.4 is 10.6 Å². The van der Waals surface area contributed by atoms with Crippen molar-refractivity contribution in [2.75, 3.05) is 90.5 Å². The Kier molecular flexibility index (Phi) is 19.1. The van der Waals surface area contributed by atoms with Crippen molar-refractivity contribution in [1.29, 1.82) is 10.5 Å². The number of rotatable bonds is 16. The minimum absolute atomic E-state index is 0.406. The topological polar surface area (TPSA) is 167 Å². The maximum atomic E-state index is 9.75. The lowest BCUT2D eigenvalue weighted by Gasteiger charge is -2.34. The summed E-state index contributed by atoms with van der Waals surface area (Å²) in [4.78, 5) is 24.3. The van der Waals surface area contributed by atoms with Crippen LogP contribution >= 0.6 is 23.2 Å². The summed E-state index contributed by atoms with van der Waals surface area (Å²) in [5.74, 6) is 2.82. The van der Waals surface area contributed by atoms with Crippen molar-refractivity contribution in [2.45, 2.75) is 127 Å². The number of aromatic nitrogens is 4. The van der Waals surface area contributed by atoms with E-state index in [1.165, 1.54) is 64.5 Å². The van der Waals surface area contributed by atoms with E-state index in [0.717, 1.165) is 110 Å². The average molecular weight is 1050 g/mol. The van der Waals surface area contributed by atoms with Gasteiger partial charge in [0.05, 0.1) is 56.6 Å². The SMILES string of the molecule is CO[C@H]1CCN(C2CCC(Cc3cc(-c4cccc(NCC5(C#N)CCOCC5)n4)c(Cl)cn3)CC2)C1.CO[C@H]1CCN(C2CCC(Cc3cc(-c4cccc(NCC5(C#N)CCOCC5)n4)c(Cl)cn3)CC2)C1. The summed E-state index contributed by atoms with van der Waals surface area (Å²) in [7, 11) is 3.66. The summed E-state index contributed by atoms with van der Waals surface area (Å²) in [6, 6.07) is 22.5. The van der Waals surface area contributed by atoms with Gasteiger partial charge < -0.3 is 29.6 Å². The van der Waals surface area contributed by atoms with Crippen LogP contribution in [0.4, 0.5) is 11.6 Å². The molecule has 8 heterocycles. The quantitative estimate of drug-likeness (QED) is 0.109. The van der Waals surface area contributed by atoms with Crippen molar-refractivity contribution in [3.63, 3.8) is 0 Å². The molecule has 2 atom stereocenters. The van der Waals surface area contributed by atoms with E-state index in [1.54, 1.807) is 12.4 Å². The number of hydrogen-bond donors (Lipinski definition) is 2. The molecule has 2 N–H and O–H groups in total. The molecule has 0 aromatic carbocycles. The van der Waals surface area contributed by atoms with Crippen molar-refractivity contribution in [3.05, 3.63) is 82.4 Å². The number of hydrogen-bond acceptors (Lipinski definition) is 14. The van der Waals surface area contributed by atoms with Crippen LogP contribution in [0.2, 0.25) is 10.0 Å². The Labute approximate surface area is 449 Å². The molecule has 6 fully saturated rings. The van der Waals surface area contributed by atoms with E-state index in [4.69, 9.17) is 52.1 Å². The van der Waals surface area contributed by atoms with Gasteiger partial charge in [0.1, 0.15) is 11.6 Å². The highest BCUT2D eigenvalue weighted by Crippen LogP contribution is 2.37. The van der Waals surface area contributed by atoms with Crippen LogP contribution in [0.5, 0.6) is 0 Å². The van der Waals surface area contributed by atoms with Gasteiger partial charge in [-0.15, -0.1) is 0 Å². The van der Waals surface area contributed by atoms with Crippen LogP contribution in [0, 0.1) is 45.3 Å². The van der Waals surface area contributed by atoms with E-state index in [-0.39, 0.29) is 0 Å². The number of methoxy groups -OCH3 is 2. The third-order valence-corrected chi connectivity index (χ3v) is 17.7. The molecule has 74 heavy (non-hydrogen) atoms. The largest absolute Gasteiger partial charge is 0.381 e. The van der Waals surface area contributed by atoms with Crippen molar-refractivity contribution < 1.29 is 18.9 Å². The molecule has 396 valence electrons. The van der Waals surface area contributed by atoms with Crippen molar-refractivity contribution >= 4 is 34.8 Å². The monoisotopic (exact) mass is 1050 g/mol.